The summed E-state index contributed by atoms with van der Waals surface area (Å²) >= 11 is 0. The van der Waals surface area contributed by atoms with Gasteiger partial charge in [-0.15, -0.1) is 0 Å². The molecule has 20 heavy (non-hydrogen) atoms. The zero-order valence-electron chi connectivity index (χ0n) is 12.9. The highest BCUT2D eigenvalue weighted by molar-refractivity contribution is 5.16. The first-order valence-electron chi connectivity index (χ1n) is 8.27. The van der Waals surface area contributed by atoms with E-state index in [4.69, 9.17) is 0 Å². The molecule has 2 heteroatoms. The van der Waals surface area contributed by atoms with Crippen LogP contribution in [0.4, 0.5) is 0 Å². The molecule has 0 amide bonds. The Morgan fingerprint density at radius 1 is 1.25 bits per heavy atom. The molecule has 1 aliphatic carbocycles. The number of benzene rings is 1. The van der Waals surface area contributed by atoms with Crippen LogP contribution in [0.3, 0.4) is 0 Å². The van der Waals surface area contributed by atoms with E-state index in [1.165, 1.54) is 31.4 Å². The van der Waals surface area contributed by atoms with E-state index in [2.05, 4.69) is 54.4 Å². The predicted molar refractivity (Wildman–Crippen MR) is 84.9 cm³/mol. The molecular weight excluding hydrogens is 244 g/mol. The molecule has 2 fully saturated rings. The normalized spacial score (nSPS) is 29.9. The van der Waals surface area contributed by atoms with Crippen LogP contribution in [0, 0.1) is 5.92 Å². The number of hydrogen-bond acceptors (Lipinski definition) is 2. The second-order valence-electron chi connectivity index (χ2n) is 6.77. The first-order chi connectivity index (χ1) is 9.74. The lowest BCUT2D eigenvalue weighted by molar-refractivity contribution is 0.0435. The standard InChI is InChI=1S/C18H28N2/c1-14-12-19-18(11-16-7-4-3-5-8-16)13-20(14)15(2)17-9-6-10-17/h3-5,7-8,14-15,17-19H,6,9-13H2,1-2H3. The van der Waals surface area contributed by atoms with Crippen molar-refractivity contribution >= 4 is 0 Å². The second-order valence-corrected chi connectivity index (χ2v) is 6.77. The van der Waals surface area contributed by atoms with Gasteiger partial charge in [0.15, 0.2) is 0 Å². The Kier molecular flexibility index (Phi) is 4.42. The van der Waals surface area contributed by atoms with Crippen molar-refractivity contribution in [1.82, 2.24) is 10.2 Å². The fourth-order valence-electron chi connectivity index (χ4n) is 3.75. The molecule has 110 valence electrons. The largest absolute Gasteiger partial charge is 0.311 e. The highest BCUT2D eigenvalue weighted by atomic mass is 15.3. The van der Waals surface area contributed by atoms with Crippen LogP contribution >= 0.6 is 0 Å². The number of rotatable bonds is 4. The van der Waals surface area contributed by atoms with Gasteiger partial charge in [0.05, 0.1) is 0 Å². The van der Waals surface area contributed by atoms with Crippen molar-refractivity contribution < 1.29 is 0 Å². The van der Waals surface area contributed by atoms with Gasteiger partial charge in [-0.2, -0.15) is 0 Å². The van der Waals surface area contributed by atoms with Gasteiger partial charge in [-0.25, -0.2) is 0 Å². The van der Waals surface area contributed by atoms with Crippen molar-refractivity contribution in [1.29, 1.82) is 0 Å². The van der Waals surface area contributed by atoms with Gasteiger partial charge in [0.1, 0.15) is 0 Å². The van der Waals surface area contributed by atoms with Crippen molar-refractivity contribution in [3.8, 4) is 0 Å². The van der Waals surface area contributed by atoms with Gasteiger partial charge in [0.25, 0.3) is 0 Å². The Hall–Kier alpha value is -0.860. The van der Waals surface area contributed by atoms with Crippen molar-refractivity contribution in [3.05, 3.63) is 35.9 Å². The van der Waals surface area contributed by atoms with Crippen molar-refractivity contribution in [3.63, 3.8) is 0 Å². The van der Waals surface area contributed by atoms with Gasteiger partial charge in [0.2, 0.25) is 0 Å². The molecule has 2 nitrogen and oxygen atoms in total. The van der Waals surface area contributed by atoms with Crippen LogP contribution in [0.25, 0.3) is 0 Å². The maximum absolute atomic E-state index is 3.74. The quantitative estimate of drug-likeness (QED) is 0.906. The fraction of sp³-hybridized carbons (Fsp3) is 0.667. The van der Waals surface area contributed by atoms with E-state index in [0.717, 1.165) is 24.9 Å². The predicted octanol–water partition coefficient (Wildman–Crippen LogP) is 3.08. The molecule has 1 aromatic rings. The minimum atomic E-state index is 0.608. The molecule has 0 spiro atoms. The summed E-state index contributed by atoms with van der Waals surface area (Å²) in [6.45, 7) is 7.16. The third kappa shape index (κ3) is 3.07. The van der Waals surface area contributed by atoms with E-state index in [9.17, 15) is 0 Å². The lowest BCUT2D eigenvalue weighted by Crippen LogP contribution is -2.60. The Morgan fingerprint density at radius 2 is 2.00 bits per heavy atom. The van der Waals surface area contributed by atoms with Crippen LogP contribution < -0.4 is 5.32 Å². The van der Waals surface area contributed by atoms with E-state index < -0.39 is 0 Å². The van der Waals surface area contributed by atoms with Crippen LogP contribution in [-0.2, 0) is 6.42 Å². The third-order valence-electron chi connectivity index (χ3n) is 5.38. The maximum atomic E-state index is 3.74. The smallest absolute Gasteiger partial charge is 0.0236 e. The van der Waals surface area contributed by atoms with Gasteiger partial charge < -0.3 is 5.32 Å². The summed E-state index contributed by atoms with van der Waals surface area (Å²) in [5.74, 6) is 0.952. The van der Waals surface area contributed by atoms with Crippen molar-refractivity contribution in [2.75, 3.05) is 13.1 Å². The summed E-state index contributed by atoms with van der Waals surface area (Å²) < 4.78 is 0. The molecule has 3 rings (SSSR count). The maximum Gasteiger partial charge on any atom is 0.0236 e. The summed E-state index contributed by atoms with van der Waals surface area (Å²) in [7, 11) is 0. The minimum absolute atomic E-state index is 0.608. The average Bonchev–Trinajstić information content (AvgIpc) is 2.40. The van der Waals surface area contributed by atoms with Gasteiger partial charge in [0, 0.05) is 31.2 Å². The Labute approximate surface area is 123 Å². The lowest BCUT2D eigenvalue weighted by atomic mass is 9.79. The van der Waals surface area contributed by atoms with Crippen LogP contribution in [-0.4, -0.2) is 36.1 Å². The number of nitrogens with zero attached hydrogens (tertiary/aromatic N) is 1. The zero-order valence-corrected chi connectivity index (χ0v) is 12.9. The summed E-state index contributed by atoms with van der Waals surface area (Å²) in [6, 6.07) is 12.9. The first kappa shape index (κ1) is 14.1. The Balaban J connectivity index is 1.60. The molecule has 1 N–H and O–H groups in total. The van der Waals surface area contributed by atoms with E-state index in [1.807, 2.05) is 0 Å². The van der Waals surface area contributed by atoms with E-state index in [-0.39, 0.29) is 0 Å². The lowest BCUT2D eigenvalue weighted by Gasteiger charge is -2.47. The van der Waals surface area contributed by atoms with Crippen LogP contribution in [0.2, 0.25) is 0 Å². The molecule has 1 heterocycles. The molecule has 2 aliphatic rings. The van der Waals surface area contributed by atoms with Gasteiger partial charge in [-0.05, 0) is 44.6 Å². The monoisotopic (exact) mass is 272 g/mol. The highest BCUT2D eigenvalue weighted by Gasteiger charge is 2.34. The molecule has 0 radical (unpaired) electrons. The van der Waals surface area contributed by atoms with Crippen LogP contribution in [0.5, 0.6) is 0 Å². The number of piperazine rings is 1. The highest BCUT2D eigenvalue weighted by Crippen LogP contribution is 2.33. The summed E-state index contributed by atoms with van der Waals surface area (Å²) in [4.78, 5) is 2.76. The minimum Gasteiger partial charge on any atom is -0.311 e. The van der Waals surface area contributed by atoms with Gasteiger partial charge in [-0.3, -0.25) is 4.90 Å². The molecule has 1 saturated carbocycles. The SMILES string of the molecule is CC1CNC(Cc2ccccc2)CN1C(C)C1CCC1. The molecule has 1 saturated heterocycles. The summed E-state index contributed by atoms with van der Waals surface area (Å²) in [5.41, 5.74) is 1.45. The first-order valence-corrected chi connectivity index (χ1v) is 8.27. The molecule has 3 atom stereocenters. The number of nitrogens with one attached hydrogen (secondary N) is 1. The van der Waals surface area contributed by atoms with E-state index in [0.29, 0.717) is 12.1 Å². The zero-order chi connectivity index (χ0) is 13.9. The van der Waals surface area contributed by atoms with E-state index >= 15 is 0 Å². The van der Waals surface area contributed by atoms with Crippen LogP contribution in [0.15, 0.2) is 30.3 Å². The van der Waals surface area contributed by atoms with Crippen molar-refractivity contribution in [2.45, 2.75) is 57.7 Å². The topological polar surface area (TPSA) is 15.3 Å². The van der Waals surface area contributed by atoms with Gasteiger partial charge >= 0.3 is 0 Å². The summed E-state index contributed by atoms with van der Waals surface area (Å²) in [5, 5.41) is 3.74. The molecular formula is C18H28N2. The molecule has 1 aliphatic heterocycles. The molecule has 1 aromatic carbocycles. The fourth-order valence-corrected chi connectivity index (χ4v) is 3.75. The molecule has 3 unspecified atom stereocenters. The van der Waals surface area contributed by atoms with Crippen molar-refractivity contribution in [2.24, 2.45) is 5.92 Å². The Bertz CT molecular complexity index is 413. The second kappa shape index (κ2) is 6.28. The number of hydrogen-bond donors (Lipinski definition) is 1. The molecule has 0 aromatic heterocycles. The summed E-state index contributed by atoms with van der Waals surface area (Å²) in [6.07, 6.45) is 5.49. The van der Waals surface area contributed by atoms with E-state index in [1.54, 1.807) is 0 Å². The average molecular weight is 272 g/mol. The Morgan fingerprint density at radius 3 is 2.65 bits per heavy atom. The van der Waals surface area contributed by atoms with Crippen LogP contribution in [0.1, 0.15) is 38.7 Å². The third-order valence-corrected chi connectivity index (χ3v) is 5.38. The van der Waals surface area contributed by atoms with Gasteiger partial charge in [-0.1, -0.05) is 36.8 Å². The molecule has 0 bridgehead atoms.